The molecule has 1 atom stereocenters. The molecule has 0 bridgehead atoms. The molecule has 1 unspecified atom stereocenters. The number of H-pyrrole nitrogens is 1. The summed E-state index contributed by atoms with van der Waals surface area (Å²) in [7, 11) is 1.90. The number of benzene rings is 1. The van der Waals surface area contributed by atoms with Crippen LogP contribution in [0.25, 0.3) is 22.5 Å². The Balaban J connectivity index is 1.26. The van der Waals surface area contributed by atoms with Crippen molar-refractivity contribution in [2.75, 3.05) is 13.1 Å². The summed E-state index contributed by atoms with van der Waals surface area (Å²) in [5.74, 6) is 0.387. The minimum atomic E-state index is -0.284. The first-order chi connectivity index (χ1) is 19.0. The smallest absolute Gasteiger partial charge is 0.226 e. The van der Waals surface area contributed by atoms with Gasteiger partial charge in [-0.2, -0.15) is 5.10 Å². The van der Waals surface area contributed by atoms with Crippen molar-refractivity contribution in [3.63, 3.8) is 0 Å². The molecule has 2 amide bonds. The summed E-state index contributed by atoms with van der Waals surface area (Å²) in [5, 5.41) is 10.7. The molecule has 204 valence electrons. The van der Waals surface area contributed by atoms with E-state index in [9.17, 15) is 9.59 Å². The molecule has 4 N–H and O–H groups in total. The lowest BCUT2D eigenvalue weighted by molar-refractivity contribution is -0.121. The molecule has 39 heavy (non-hydrogen) atoms. The molecule has 2 aliphatic rings. The van der Waals surface area contributed by atoms with E-state index in [0.717, 1.165) is 78.0 Å². The standard InChI is InChI=1S/C28H34N8O2S/c1-35-15-12-22(34-35)19-8-10-20(11-9-19)24-17-31-27(33-24)23(6-3-2-4-7-25(29)37)32-26(38)16-21-18-39-28-30-13-5-14-36(21)28/h8-12,15,17-18,23H,2-7,13-14,16H2,1H3,(H2,29,37)(H,31,33)(H,32,38). The Morgan fingerprint density at radius 1 is 1.15 bits per heavy atom. The number of aromatic amines is 1. The maximum atomic E-state index is 13.1. The molecule has 10 nitrogen and oxygen atoms in total. The average molecular weight is 547 g/mol. The van der Waals surface area contributed by atoms with E-state index in [0.29, 0.717) is 19.3 Å². The fourth-order valence-corrected chi connectivity index (χ4v) is 5.79. The number of unbranched alkanes of at least 4 members (excludes halogenated alkanes) is 2. The lowest BCUT2D eigenvalue weighted by Gasteiger charge is -2.25. The lowest BCUT2D eigenvalue weighted by Crippen LogP contribution is -2.34. The van der Waals surface area contributed by atoms with E-state index in [1.54, 1.807) is 16.4 Å². The van der Waals surface area contributed by atoms with Crippen LogP contribution in [0.1, 0.15) is 56.8 Å². The molecule has 0 saturated carbocycles. The van der Waals surface area contributed by atoms with Crippen LogP contribution in [0.3, 0.4) is 0 Å². The lowest BCUT2D eigenvalue weighted by atomic mass is 10.1. The van der Waals surface area contributed by atoms with Crippen LogP contribution in [0.5, 0.6) is 0 Å². The highest BCUT2D eigenvalue weighted by Crippen LogP contribution is 2.31. The van der Waals surface area contributed by atoms with Crippen LogP contribution < -0.4 is 11.1 Å². The number of nitrogens with one attached hydrogen (secondary N) is 2. The van der Waals surface area contributed by atoms with Crippen LogP contribution in [-0.4, -0.2) is 54.7 Å². The van der Waals surface area contributed by atoms with Crippen LogP contribution in [0.2, 0.25) is 0 Å². The Hall–Kier alpha value is -3.86. The van der Waals surface area contributed by atoms with Crippen molar-refractivity contribution in [2.45, 2.75) is 51.0 Å². The second-order valence-corrected chi connectivity index (χ2v) is 10.7. The van der Waals surface area contributed by atoms with Crippen molar-refractivity contribution < 1.29 is 9.59 Å². The number of carbonyl (C=O) groups is 2. The van der Waals surface area contributed by atoms with Crippen LogP contribution in [0, 0.1) is 0 Å². The van der Waals surface area contributed by atoms with E-state index in [1.807, 2.05) is 55.2 Å². The van der Waals surface area contributed by atoms with E-state index in [2.05, 4.69) is 30.3 Å². The van der Waals surface area contributed by atoms with Gasteiger partial charge >= 0.3 is 0 Å². The summed E-state index contributed by atoms with van der Waals surface area (Å²) in [4.78, 5) is 39.0. The van der Waals surface area contributed by atoms with Crippen LogP contribution in [0.15, 0.2) is 58.8 Å². The van der Waals surface area contributed by atoms with Gasteiger partial charge in [-0.15, -0.1) is 0 Å². The number of imidazole rings is 1. The van der Waals surface area contributed by atoms with E-state index in [-0.39, 0.29) is 17.9 Å². The van der Waals surface area contributed by atoms with Crippen molar-refractivity contribution in [3.05, 3.63) is 59.7 Å². The van der Waals surface area contributed by atoms with E-state index in [4.69, 9.17) is 5.73 Å². The quantitative estimate of drug-likeness (QED) is 0.293. The van der Waals surface area contributed by atoms with Gasteiger partial charge in [0.2, 0.25) is 11.8 Å². The molecule has 0 aliphatic carbocycles. The molecule has 0 fully saturated rings. The second kappa shape index (κ2) is 12.3. The largest absolute Gasteiger partial charge is 0.370 e. The third kappa shape index (κ3) is 6.78. The first-order valence-electron chi connectivity index (χ1n) is 13.4. The first-order valence-corrected chi connectivity index (χ1v) is 14.2. The zero-order chi connectivity index (χ0) is 27.2. The van der Waals surface area contributed by atoms with Crippen LogP contribution in [0.4, 0.5) is 0 Å². The topological polar surface area (TPSA) is 134 Å². The molecule has 3 aromatic rings. The Labute approximate surface area is 232 Å². The normalized spacial score (nSPS) is 15.5. The number of fused-ring (bicyclic) bond motifs is 1. The van der Waals surface area contributed by atoms with E-state index < -0.39 is 0 Å². The summed E-state index contributed by atoms with van der Waals surface area (Å²) < 4.78 is 1.79. The summed E-state index contributed by atoms with van der Waals surface area (Å²) in [6.07, 6.45) is 8.55. The van der Waals surface area contributed by atoms with Crippen molar-refractivity contribution in [2.24, 2.45) is 17.8 Å². The Kier molecular flexibility index (Phi) is 8.45. The molecule has 11 heteroatoms. The summed E-state index contributed by atoms with van der Waals surface area (Å²) >= 11 is 1.59. The van der Waals surface area contributed by atoms with Gasteiger partial charge in [0.15, 0.2) is 5.17 Å². The number of nitrogens with two attached hydrogens (primary N) is 1. The number of nitrogens with zero attached hydrogens (tertiary/aromatic N) is 5. The van der Waals surface area contributed by atoms with Crippen molar-refractivity contribution in [1.82, 2.24) is 30.0 Å². The van der Waals surface area contributed by atoms with Gasteiger partial charge in [0, 0.05) is 44.0 Å². The first kappa shape index (κ1) is 26.7. The SMILES string of the molecule is Cn1ccc(-c2ccc(-c3cnc(C(CCCCCC(N)=O)NC(=O)CC4=CSC5=NCCCN45)[nH]3)cc2)n1. The van der Waals surface area contributed by atoms with Gasteiger partial charge < -0.3 is 20.9 Å². The van der Waals surface area contributed by atoms with Crippen molar-refractivity contribution in [3.8, 4) is 22.5 Å². The summed E-state index contributed by atoms with van der Waals surface area (Å²) in [6.45, 7) is 1.74. The average Bonchev–Trinajstić information content (AvgIpc) is 3.68. The zero-order valence-corrected chi connectivity index (χ0v) is 22.9. The molecule has 2 aliphatic heterocycles. The van der Waals surface area contributed by atoms with E-state index >= 15 is 0 Å². The molecule has 0 radical (unpaired) electrons. The number of aryl methyl sites for hydroxylation is 1. The number of amidine groups is 1. The van der Waals surface area contributed by atoms with E-state index in [1.165, 1.54) is 0 Å². The minimum Gasteiger partial charge on any atom is -0.370 e. The predicted molar refractivity (Wildman–Crippen MR) is 153 cm³/mol. The van der Waals surface area contributed by atoms with Gasteiger partial charge in [0.05, 0.1) is 30.0 Å². The maximum absolute atomic E-state index is 13.1. The van der Waals surface area contributed by atoms with Crippen molar-refractivity contribution in [1.29, 1.82) is 0 Å². The number of rotatable bonds is 12. The van der Waals surface area contributed by atoms with Gasteiger partial charge in [0.25, 0.3) is 0 Å². The minimum absolute atomic E-state index is 0.0477. The predicted octanol–water partition coefficient (Wildman–Crippen LogP) is 4.11. The van der Waals surface area contributed by atoms with Crippen LogP contribution in [-0.2, 0) is 16.6 Å². The number of hydrogen-bond donors (Lipinski definition) is 3. The van der Waals surface area contributed by atoms with Gasteiger partial charge in [0.1, 0.15) is 5.82 Å². The third-order valence-corrected chi connectivity index (χ3v) is 7.84. The molecule has 4 heterocycles. The number of thioether (sulfide) groups is 1. The molecule has 0 spiro atoms. The highest BCUT2D eigenvalue weighted by atomic mass is 32.2. The Morgan fingerprint density at radius 3 is 2.74 bits per heavy atom. The number of aromatic nitrogens is 4. The van der Waals surface area contributed by atoms with Gasteiger partial charge in [-0.1, -0.05) is 48.9 Å². The number of amides is 2. The number of primary amides is 1. The summed E-state index contributed by atoms with van der Waals surface area (Å²) in [6, 6.07) is 9.89. The number of carbonyl (C=O) groups excluding carboxylic acids is 2. The third-order valence-electron chi connectivity index (χ3n) is 6.89. The second-order valence-electron chi connectivity index (χ2n) is 9.89. The van der Waals surface area contributed by atoms with Gasteiger partial charge in [-0.3, -0.25) is 19.3 Å². The fourth-order valence-electron chi connectivity index (χ4n) is 4.83. The summed E-state index contributed by atoms with van der Waals surface area (Å²) in [5.41, 5.74) is 10.1. The van der Waals surface area contributed by atoms with Gasteiger partial charge in [-0.05, 0) is 36.3 Å². The van der Waals surface area contributed by atoms with Crippen LogP contribution >= 0.6 is 11.8 Å². The van der Waals surface area contributed by atoms with Crippen molar-refractivity contribution >= 4 is 28.7 Å². The molecule has 0 saturated heterocycles. The zero-order valence-electron chi connectivity index (χ0n) is 22.1. The number of hydrogen-bond acceptors (Lipinski definition) is 7. The highest BCUT2D eigenvalue weighted by molar-refractivity contribution is 8.16. The van der Waals surface area contributed by atoms with Gasteiger partial charge in [-0.25, -0.2) is 4.98 Å². The molecule has 2 aromatic heterocycles. The molecular weight excluding hydrogens is 512 g/mol. The maximum Gasteiger partial charge on any atom is 0.226 e. The monoisotopic (exact) mass is 546 g/mol. The Morgan fingerprint density at radius 2 is 1.97 bits per heavy atom. The number of aliphatic imine (C=N–C) groups is 1. The highest BCUT2D eigenvalue weighted by Gasteiger charge is 2.27. The fraction of sp³-hybridized carbons (Fsp3) is 0.393. The molecular formula is C28H34N8O2S. The molecule has 5 rings (SSSR count). The Bertz CT molecular complexity index is 1370. The molecule has 1 aromatic carbocycles.